The van der Waals surface area contributed by atoms with E-state index in [2.05, 4.69) is 276 Å². The number of fused-ring (bicyclic) bond motifs is 8. The number of furan rings is 1. The lowest BCUT2D eigenvalue weighted by Gasteiger charge is -2.27. The van der Waals surface area contributed by atoms with E-state index < -0.39 is 0 Å². The summed E-state index contributed by atoms with van der Waals surface area (Å²) in [4.78, 5) is 2.40. The molecule has 0 fully saturated rings. The number of para-hydroxylation sites is 3. The van der Waals surface area contributed by atoms with Crippen LogP contribution in [0.2, 0.25) is 0 Å². The first-order valence-corrected chi connectivity index (χ1v) is 24.3. The second kappa shape index (κ2) is 16.7. The van der Waals surface area contributed by atoms with Crippen LogP contribution in [0.5, 0.6) is 0 Å². The van der Waals surface area contributed by atoms with Crippen molar-refractivity contribution in [3.63, 3.8) is 0 Å². The Bertz CT molecular complexity index is 4300. The lowest BCUT2D eigenvalue weighted by molar-refractivity contribution is 0.670. The Labute approximate surface area is 411 Å². The van der Waals surface area contributed by atoms with E-state index in [4.69, 9.17) is 4.42 Å². The Kier molecular flexibility index (Phi) is 9.53. The topological polar surface area (TPSA) is 21.3 Å². The van der Waals surface area contributed by atoms with Crippen LogP contribution in [0.15, 0.2) is 271 Å². The molecule has 0 aliphatic rings. The first-order valence-electron chi connectivity index (χ1n) is 24.3. The average Bonchev–Trinajstić information content (AvgIpc) is 4.01. The fourth-order valence-corrected chi connectivity index (χ4v) is 11.1. The van der Waals surface area contributed by atoms with Gasteiger partial charge in [-0.05, 0) is 127 Å². The monoisotopic (exact) mass is 904 g/mol. The van der Waals surface area contributed by atoms with Gasteiger partial charge in [-0.15, -0.1) is 0 Å². The average molecular weight is 905 g/mol. The molecule has 0 aliphatic carbocycles. The van der Waals surface area contributed by atoms with Gasteiger partial charge in [-0.2, -0.15) is 0 Å². The Morgan fingerprint density at radius 1 is 0.296 bits per heavy atom. The molecule has 0 atom stereocenters. The van der Waals surface area contributed by atoms with Gasteiger partial charge in [0.1, 0.15) is 11.2 Å². The molecule has 0 bridgehead atoms. The molecule has 3 nitrogen and oxygen atoms in total. The van der Waals surface area contributed by atoms with Crippen LogP contribution in [0.4, 0.5) is 17.1 Å². The predicted molar refractivity (Wildman–Crippen MR) is 299 cm³/mol. The summed E-state index contributed by atoms with van der Waals surface area (Å²) in [6, 6.07) is 96.5. The number of rotatable bonds is 8. The van der Waals surface area contributed by atoms with Crippen molar-refractivity contribution in [2.75, 3.05) is 4.90 Å². The molecule has 0 saturated carbocycles. The van der Waals surface area contributed by atoms with E-state index >= 15 is 0 Å². The molecule has 0 N–H and O–H groups in total. The number of nitrogens with zero attached hydrogens (tertiary/aromatic N) is 2. The maximum atomic E-state index is 6.95. The SMILES string of the molecule is c1ccc(-n2c3ccccc3c3c(-c4ccc(N(c5ccc(-c6ccc(-c7cccc8ccccc78)cc6)cc5)c5ccc(-c6cccc7ccccc67)c6oc7ccccc7c56)cc4)cccc32)cc1. The minimum absolute atomic E-state index is 0.858. The minimum atomic E-state index is 0.858. The third kappa shape index (κ3) is 6.74. The first kappa shape index (κ1) is 40.6. The highest BCUT2D eigenvalue weighted by Crippen LogP contribution is 2.48. The zero-order valence-corrected chi connectivity index (χ0v) is 38.7. The van der Waals surface area contributed by atoms with Crippen LogP contribution in [-0.4, -0.2) is 4.57 Å². The van der Waals surface area contributed by atoms with Gasteiger partial charge >= 0.3 is 0 Å². The van der Waals surface area contributed by atoms with Gasteiger partial charge in [0.25, 0.3) is 0 Å². The van der Waals surface area contributed by atoms with E-state index in [1.54, 1.807) is 0 Å². The Balaban J connectivity index is 0.922. The van der Waals surface area contributed by atoms with E-state index in [0.29, 0.717) is 0 Å². The van der Waals surface area contributed by atoms with E-state index in [1.807, 2.05) is 0 Å². The number of hydrogen-bond donors (Lipinski definition) is 0. The smallest absolute Gasteiger partial charge is 0.145 e. The molecular formula is C68H44N2O. The Morgan fingerprint density at radius 3 is 1.51 bits per heavy atom. The van der Waals surface area contributed by atoms with Gasteiger partial charge < -0.3 is 13.9 Å². The number of anilines is 3. The molecule has 0 aliphatic heterocycles. The van der Waals surface area contributed by atoms with Gasteiger partial charge in [0.2, 0.25) is 0 Å². The molecule has 2 aromatic heterocycles. The second-order valence-electron chi connectivity index (χ2n) is 18.4. The summed E-state index contributed by atoms with van der Waals surface area (Å²) in [6.45, 7) is 0. The second-order valence-corrected chi connectivity index (χ2v) is 18.4. The van der Waals surface area contributed by atoms with Crippen LogP contribution in [0, 0.1) is 0 Å². The van der Waals surface area contributed by atoms with Gasteiger partial charge in [0.15, 0.2) is 0 Å². The van der Waals surface area contributed by atoms with Gasteiger partial charge in [0, 0.05) is 38.8 Å². The van der Waals surface area contributed by atoms with Gasteiger partial charge in [-0.3, -0.25) is 0 Å². The molecule has 12 aromatic carbocycles. The lowest BCUT2D eigenvalue weighted by Crippen LogP contribution is -2.10. The summed E-state index contributed by atoms with van der Waals surface area (Å²) >= 11 is 0. The molecule has 0 saturated heterocycles. The van der Waals surface area contributed by atoms with E-state index in [9.17, 15) is 0 Å². The minimum Gasteiger partial charge on any atom is -0.455 e. The van der Waals surface area contributed by atoms with Crippen molar-refractivity contribution in [1.29, 1.82) is 0 Å². The summed E-state index contributed by atoms with van der Waals surface area (Å²) in [5, 5.41) is 9.52. The lowest BCUT2D eigenvalue weighted by atomic mass is 9.95. The maximum absolute atomic E-state index is 6.95. The van der Waals surface area contributed by atoms with Crippen molar-refractivity contribution in [2.45, 2.75) is 0 Å². The molecular weight excluding hydrogens is 861 g/mol. The van der Waals surface area contributed by atoms with Crippen LogP contribution in [-0.2, 0) is 0 Å². The van der Waals surface area contributed by atoms with E-state index in [1.165, 1.54) is 65.6 Å². The molecule has 0 radical (unpaired) electrons. The largest absolute Gasteiger partial charge is 0.455 e. The molecule has 3 heteroatoms. The highest BCUT2D eigenvalue weighted by atomic mass is 16.3. The summed E-state index contributed by atoms with van der Waals surface area (Å²) < 4.78 is 9.33. The zero-order chi connectivity index (χ0) is 46.8. The van der Waals surface area contributed by atoms with E-state index in [-0.39, 0.29) is 0 Å². The molecule has 2 heterocycles. The summed E-state index contributed by atoms with van der Waals surface area (Å²) in [6.07, 6.45) is 0. The molecule has 0 amide bonds. The molecule has 14 aromatic rings. The highest BCUT2D eigenvalue weighted by molar-refractivity contribution is 6.19. The quantitative estimate of drug-likeness (QED) is 0.151. The maximum Gasteiger partial charge on any atom is 0.145 e. The standard InChI is InChI=1S/C68H44N2O/c1-2-19-51(20-3-1)70-62-28-10-8-23-60(62)66-57(26-14-29-63(66)70)50-37-41-53(42-38-50)69(52-39-35-46(36-40-52)45-31-33-49(34-32-45)55-25-12-17-47-15-4-6-21-54(47)55)64-44-43-59(58-27-13-18-48-16-5-7-22-56(48)58)68-67(64)61-24-9-11-30-65(61)71-68/h1-44H. The molecule has 0 spiro atoms. The first-order chi connectivity index (χ1) is 35.2. The molecule has 71 heavy (non-hydrogen) atoms. The van der Waals surface area contributed by atoms with Crippen LogP contribution < -0.4 is 4.90 Å². The summed E-state index contributed by atoms with van der Waals surface area (Å²) in [5.41, 5.74) is 17.7. The van der Waals surface area contributed by atoms with Crippen molar-refractivity contribution in [2.24, 2.45) is 0 Å². The highest BCUT2D eigenvalue weighted by Gasteiger charge is 2.24. The van der Waals surface area contributed by atoms with Crippen molar-refractivity contribution < 1.29 is 4.42 Å². The fraction of sp³-hybridized carbons (Fsp3) is 0. The van der Waals surface area contributed by atoms with Crippen molar-refractivity contribution in [1.82, 2.24) is 4.57 Å². The number of aromatic nitrogens is 1. The van der Waals surface area contributed by atoms with Crippen molar-refractivity contribution >= 4 is 82.4 Å². The normalized spacial score (nSPS) is 11.7. The third-order valence-electron chi connectivity index (χ3n) is 14.4. The molecule has 0 unspecified atom stereocenters. The van der Waals surface area contributed by atoms with Gasteiger partial charge in [-0.1, -0.05) is 200 Å². The van der Waals surface area contributed by atoms with E-state index in [0.717, 1.165) is 66.9 Å². The van der Waals surface area contributed by atoms with Crippen LogP contribution in [0.3, 0.4) is 0 Å². The third-order valence-corrected chi connectivity index (χ3v) is 14.4. The summed E-state index contributed by atoms with van der Waals surface area (Å²) in [5.74, 6) is 0. The number of benzene rings is 12. The van der Waals surface area contributed by atoms with Crippen LogP contribution >= 0.6 is 0 Å². The number of hydrogen-bond acceptors (Lipinski definition) is 2. The van der Waals surface area contributed by atoms with Gasteiger partial charge in [-0.25, -0.2) is 0 Å². The predicted octanol–water partition coefficient (Wildman–Crippen LogP) is 19.1. The molecule has 14 rings (SSSR count). The van der Waals surface area contributed by atoms with Crippen molar-refractivity contribution in [3.05, 3.63) is 267 Å². The van der Waals surface area contributed by atoms with Crippen molar-refractivity contribution in [3.8, 4) is 50.2 Å². The van der Waals surface area contributed by atoms with Gasteiger partial charge in [0.05, 0.1) is 22.1 Å². The summed E-state index contributed by atoms with van der Waals surface area (Å²) in [7, 11) is 0. The molecule has 332 valence electrons. The van der Waals surface area contributed by atoms with Crippen LogP contribution in [0.1, 0.15) is 0 Å². The Morgan fingerprint density at radius 2 is 0.789 bits per heavy atom. The zero-order valence-electron chi connectivity index (χ0n) is 38.7. The fourth-order valence-electron chi connectivity index (χ4n) is 11.1. The van der Waals surface area contributed by atoms with Crippen LogP contribution in [0.25, 0.3) is 115 Å². The Hall–Kier alpha value is -9.44.